The molecule has 3 rings (SSSR count). The van der Waals surface area contributed by atoms with E-state index in [0.29, 0.717) is 16.4 Å². The molecule has 1 saturated heterocycles. The Balaban J connectivity index is 1.74. The fourth-order valence-electron chi connectivity index (χ4n) is 2.78. The Labute approximate surface area is 147 Å². The zero-order chi connectivity index (χ0) is 16.9. The smallest absolute Gasteiger partial charge is 0.255 e. The number of aryl methyl sites for hydroxylation is 1. The van der Waals surface area contributed by atoms with Gasteiger partial charge in [0.15, 0.2) is 0 Å². The van der Waals surface area contributed by atoms with Gasteiger partial charge in [-0.2, -0.15) is 0 Å². The SMILES string of the molecule is Cc1ccc(Nc2ncc(C(=O)N3CCCCCC3)cc2Cl)cn1. The highest BCUT2D eigenvalue weighted by Crippen LogP contribution is 2.24. The molecule has 0 unspecified atom stereocenters. The quantitative estimate of drug-likeness (QED) is 0.906. The van der Waals surface area contributed by atoms with Crippen LogP contribution in [-0.2, 0) is 0 Å². The molecule has 0 aromatic carbocycles. The van der Waals surface area contributed by atoms with Gasteiger partial charge in [0.1, 0.15) is 5.82 Å². The van der Waals surface area contributed by atoms with Gasteiger partial charge in [0.2, 0.25) is 0 Å². The van der Waals surface area contributed by atoms with Crippen molar-refractivity contribution in [1.29, 1.82) is 0 Å². The second-order valence-electron chi connectivity index (χ2n) is 6.07. The van der Waals surface area contributed by atoms with Crippen molar-refractivity contribution in [2.24, 2.45) is 0 Å². The van der Waals surface area contributed by atoms with Crippen LogP contribution in [0, 0.1) is 6.92 Å². The third-order valence-electron chi connectivity index (χ3n) is 4.16. The Morgan fingerprint density at radius 2 is 1.88 bits per heavy atom. The number of rotatable bonds is 3. The first-order valence-electron chi connectivity index (χ1n) is 8.28. The molecule has 1 amide bonds. The predicted molar refractivity (Wildman–Crippen MR) is 95.9 cm³/mol. The van der Waals surface area contributed by atoms with E-state index >= 15 is 0 Å². The lowest BCUT2D eigenvalue weighted by molar-refractivity contribution is 0.0761. The Hall–Kier alpha value is -2.14. The van der Waals surface area contributed by atoms with Crippen LogP contribution in [0.5, 0.6) is 0 Å². The molecule has 1 aliphatic rings. The molecule has 24 heavy (non-hydrogen) atoms. The van der Waals surface area contributed by atoms with Crippen LogP contribution < -0.4 is 5.32 Å². The normalized spacial score (nSPS) is 15.0. The number of hydrogen-bond acceptors (Lipinski definition) is 4. The molecule has 1 fully saturated rings. The molecule has 0 spiro atoms. The van der Waals surface area contributed by atoms with Crippen molar-refractivity contribution in [2.75, 3.05) is 18.4 Å². The van der Waals surface area contributed by atoms with Crippen molar-refractivity contribution >= 4 is 29.0 Å². The van der Waals surface area contributed by atoms with Gasteiger partial charge in [-0.1, -0.05) is 24.4 Å². The molecule has 126 valence electrons. The minimum Gasteiger partial charge on any atom is -0.339 e. The van der Waals surface area contributed by atoms with Gasteiger partial charge in [-0.05, 0) is 38.0 Å². The van der Waals surface area contributed by atoms with Crippen LogP contribution >= 0.6 is 11.6 Å². The molecule has 5 nitrogen and oxygen atoms in total. The van der Waals surface area contributed by atoms with Gasteiger partial charge in [0.25, 0.3) is 5.91 Å². The largest absolute Gasteiger partial charge is 0.339 e. The lowest BCUT2D eigenvalue weighted by atomic mass is 10.2. The number of aromatic nitrogens is 2. The molecule has 0 saturated carbocycles. The molecular weight excluding hydrogens is 324 g/mol. The summed E-state index contributed by atoms with van der Waals surface area (Å²) in [5, 5.41) is 3.55. The highest BCUT2D eigenvalue weighted by Gasteiger charge is 2.18. The topological polar surface area (TPSA) is 58.1 Å². The van der Waals surface area contributed by atoms with Crippen LogP contribution in [0.25, 0.3) is 0 Å². The van der Waals surface area contributed by atoms with Crippen molar-refractivity contribution in [3.63, 3.8) is 0 Å². The number of anilines is 2. The molecule has 0 aliphatic carbocycles. The summed E-state index contributed by atoms with van der Waals surface area (Å²) in [6.45, 7) is 3.55. The molecule has 0 atom stereocenters. The van der Waals surface area contributed by atoms with E-state index in [4.69, 9.17) is 11.6 Å². The Morgan fingerprint density at radius 1 is 1.12 bits per heavy atom. The van der Waals surface area contributed by atoms with Crippen LogP contribution in [-0.4, -0.2) is 33.9 Å². The maximum Gasteiger partial charge on any atom is 0.255 e. The monoisotopic (exact) mass is 344 g/mol. The van der Waals surface area contributed by atoms with Crippen molar-refractivity contribution in [3.05, 3.63) is 46.9 Å². The number of nitrogens with one attached hydrogen (secondary N) is 1. The van der Waals surface area contributed by atoms with Crippen LogP contribution in [0.1, 0.15) is 41.7 Å². The van der Waals surface area contributed by atoms with Gasteiger partial charge in [0, 0.05) is 25.0 Å². The summed E-state index contributed by atoms with van der Waals surface area (Å²) in [6, 6.07) is 5.51. The van der Waals surface area contributed by atoms with Crippen molar-refractivity contribution < 1.29 is 4.79 Å². The van der Waals surface area contributed by atoms with Crippen LogP contribution in [0.4, 0.5) is 11.5 Å². The van der Waals surface area contributed by atoms with Crippen LogP contribution in [0.2, 0.25) is 5.02 Å². The first-order valence-corrected chi connectivity index (χ1v) is 8.66. The summed E-state index contributed by atoms with van der Waals surface area (Å²) in [4.78, 5) is 23.1. The summed E-state index contributed by atoms with van der Waals surface area (Å²) < 4.78 is 0. The Morgan fingerprint density at radius 3 is 2.50 bits per heavy atom. The third-order valence-corrected chi connectivity index (χ3v) is 4.44. The van der Waals surface area contributed by atoms with E-state index in [2.05, 4.69) is 15.3 Å². The van der Waals surface area contributed by atoms with E-state index in [-0.39, 0.29) is 5.91 Å². The van der Waals surface area contributed by atoms with E-state index in [0.717, 1.165) is 37.3 Å². The molecule has 6 heteroatoms. The second kappa shape index (κ2) is 7.62. The van der Waals surface area contributed by atoms with E-state index in [1.165, 1.54) is 12.8 Å². The standard InChI is InChI=1S/C18H21ClN4O/c1-13-6-7-15(12-20-13)22-17-16(19)10-14(11-21-17)18(24)23-8-4-2-3-5-9-23/h6-7,10-12H,2-5,8-9H2,1H3,(H,21,22). The summed E-state index contributed by atoms with van der Waals surface area (Å²) in [5.74, 6) is 0.532. The number of pyridine rings is 2. The van der Waals surface area contributed by atoms with Gasteiger partial charge >= 0.3 is 0 Å². The number of carbonyl (C=O) groups is 1. The zero-order valence-electron chi connectivity index (χ0n) is 13.8. The maximum atomic E-state index is 12.6. The molecule has 0 radical (unpaired) electrons. The predicted octanol–water partition coefficient (Wildman–Crippen LogP) is 4.20. The number of carbonyl (C=O) groups excluding carboxylic acids is 1. The van der Waals surface area contributed by atoms with Crippen molar-refractivity contribution in [2.45, 2.75) is 32.6 Å². The number of amides is 1. The van der Waals surface area contributed by atoms with E-state index in [9.17, 15) is 4.79 Å². The Kier molecular flexibility index (Phi) is 5.30. The average molecular weight is 345 g/mol. The van der Waals surface area contributed by atoms with E-state index < -0.39 is 0 Å². The highest BCUT2D eigenvalue weighted by molar-refractivity contribution is 6.33. The van der Waals surface area contributed by atoms with Crippen LogP contribution in [0.15, 0.2) is 30.6 Å². The maximum absolute atomic E-state index is 12.6. The van der Waals surface area contributed by atoms with Gasteiger partial charge in [-0.15, -0.1) is 0 Å². The van der Waals surface area contributed by atoms with Gasteiger partial charge in [0.05, 0.1) is 22.5 Å². The number of hydrogen-bond donors (Lipinski definition) is 1. The van der Waals surface area contributed by atoms with Gasteiger partial charge in [-0.25, -0.2) is 4.98 Å². The highest BCUT2D eigenvalue weighted by atomic mass is 35.5. The van der Waals surface area contributed by atoms with Crippen molar-refractivity contribution in [1.82, 2.24) is 14.9 Å². The van der Waals surface area contributed by atoms with Crippen molar-refractivity contribution in [3.8, 4) is 0 Å². The van der Waals surface area contributed by atoms with Gasteiger partial charge in [-0.3, -0.25) is 9.78 Å². The first kappa shape index (κ1) is 16.7. The summed E-state index contributed by atoms with van der Waals surface area (Å²) >= 11 is 6.31. The minimum atomic E-state index is 0.00912. The molecular formula is C18H21ClN4O. The van der Waals surface area contributed by atoms with E-state index in [1.807, 2.05) is 24.0 Å². The van der Waals surface area contributed by atoms with Crippen LogP contribution in [0.3, 0.4) is 0 Å². The molecule has 3 heterocycles. The fourth-order valence-corrected chi connectivity index (χ4v) is 3.00. The second-order valence-corrected chi connectivity index (χ2v) is 6.48. The van der Waals surface area contributed by atoms with Gasteiger partial charge < -0.3 is 10.2 Å². The summed E-state index contributed by atoms with van der Waals surface area (Å²) in [5.41, 5.74) is 2.29. The van der Waals surface area contributed by atoms with E-state index in [1.54, 1.807) is 18.5 Å². The molecule has 1 aliphatic heterocycles. The Bertz CT molecular complexity index is 709. The molecule has 2 aromatic rings. The number of halogens is 1. The molecule has 1 N–H and O–H groups in total. The third kappa shape index (κ3) is 4.03. The fraction of sp³-hybridized carbons (Fsp3) is 0.389. The molecule has 0 bridgehead atoms. The first-order chi connectivity index (χ1) is 11.6. The minimum absolute atomic E-state index is 0.00912. The lowest BCUT2D eigenvalue weighted by Gasteiger charge is -2.20. The summed E-state index contributed by atoms with van der Waals surface area (Å²) in [7, 11) is 0. The number of nitrogens with zero attached hydrogens (tertiary/aromatic N) is 3. The lowest BCUT2D eigenvalue weighted by Crippen LogP contribution is -2.31. The molecule has 2 aromatic heterocycles. The average Bonchev–Trinajstić information content (AvgIpc) is 2.87. The zero-order valence-corrected chi connectivity index (χ0v) is 14.5. The summed E-state index contributed by atoms with van der Waals surface area (Å²) in [6.07, 6.45) is 7.82. The number of likely N-dealkylation sites (tertiary alicyclic amines) is 1.